The summed E-state index contributed by atoms with van der Waals surface area (Å²) in [5.74, 6) is -0.987. The van der Waals surface area contributed by atoms with Gasteiger partial charge < -0.3 is 10.6 Å². The standard InChI is InChI=1S/C26H27ClN4O4S/c27-23-12-11-20(36(34,35)31-14-5-1-2-6-15-31)16-22(23)26(33)30-24-10-4-3-9-21(24)25(32)29-18-19-8-7-13-28-17-19/h3-4,7-13,16-17H,1-2,5-6,14-15,18H2,(H,29,32)(H,30,33). The maximum Gasteiger partial charge on any atom is 0.257 e. The Bertz CT molecular complexity index is 1340. The maximum absolute atomic E-state index is 13.2. The first-order valence-electron chi connectivity index (χ1n) is 11.7. The first-order chi connectivity index (χ1) is 17.4. The number of hydrogen-bond acceptors (Lipinski definition) is 5. The van der Waals surface area contributed by atoms with Gasteiger partial charge in [0.15, 0.2) is 0 Å². The van der Waals surface area contributed by atoms with Crippen molar-refractivity contribution >= 4 is 39.1 Å². The van der Waals surface area contributed by atoms with Gasteiger partial charge in [0.05, 0.1) is 26.7 Å². The van der Waals surface area contributed by atoms with Crippen LogP contribution >= 0.6 is 11.6 Å². The normalized spacial score (nSPS) is 14.6. The average Bonchev–Trinajstić information content (AvgIpc) is 3.19. The summed E-state index contributed by atoms with van der Waals surface area (Å²) >= 11 is 6.28. The van der Waals surface area contributed by atoms with Crippen LogP contribution in [0, 0.1) is 0 Å². The summed E-state index contributed by atoms with van der Waals surface area (Å²) in [5.41, 5.74) is 1.39. The Morgan fingerprint density at radius 1 is 0.917 bits per heavy atom. The van der Waals surface area contributed by atoms with Crippen molar-refractivity contribution in [1.82, 2.24) is 14.6 Å². The molecule has 1 fully saturated rings. The third-order valence-corrected chi connectivity index (χ3v) is 8.21. The van der Waals surface area contributed by atoms with E-state index in [1.54, 1.807) is 42.7 Å². The number of halogens is 1. The minimum Gasteiger partial charge on any atom is -0.348 e. The minimum absolute atomic E-state index is 0.0122. The second-order valence-electron chi connectivity index (χ2n) is 8.50. The molecule has 1 aliphatic rings. The number of benzene rings is 2. The number of amides is 2. The fourth-order valence-electron chi connectivity index (χ4n) is 4.03. The molecule has 36 heavy (non-hydrogen) atoms. The Balaban J connectivity index is 1.53. The molecule has 8 nitrogen and oxygen atoms in total. The van der Waals surface area contributed by atoms with E-state index >= 15 is 0 Å². The number of nitrogens with one attached hydrogen (secondary N) is 2. The number of nitrogens with zero attached hydrogens (tertiary/aromatic N) is 2. The van der Waals surface area contributed by atoms with E-state index in [0.29, 0.717) is 13.1 Å². The van der Waals surface area contributed by atoms with Crippen LogP contribution in [-0.2, 0) is 16.6 Å². The molecular formula is C26H27ClN4O4S. The number of carbonyl (C=O) groups excluding carboxylic acids is 2. The van der Waals surface area contributed by atoms with Gasteiger partial charge in [-0.15, -0.1) is 0 Å². The van der Waals surface area contributed by atoms with Crippen LogP contribution in [0.2, 0.25) is 5.02 Å². The molecule has 0 bridgehead atoms. The van der Waals surface area contributed by atoms with Crippen molar-refractivity contribution < 1.29 is 18.0 Å². The van der Waals surface area contributed by atoms with E-state index in [4.69, 9.17) is 11.6 Å². The van der Waals surface area contributed by atoms with Gasteiger partial charge in [0, 0.05) is 32.0 Å². The van der Waals surface area contributed by atoms with Crippen LogP contribution in [0.5, 0.6) is 0 Å². The van der Waals surface area contributed by atoms with Crippen molar-refractivity contribution in [2.75, 3.05) is 18.4 Å². The predicted octanol–water partition coefficient (Wildman–Crippen LogP) is 4.48. The van der Waals surface area contributed by atoms with Crippen LogP contribution in [0.3, 0.4) is 0 Å². The zero-order valence-electron chi connectivity index (χ0n) is 19.6. The highest BCUT2D eigenvalue weighted by Crippen LogP contribution is 2.26. The molecule has 4 rings (SSSR count). The molecule has 1 aromatic heterocycles. The Morgan fingerprint density at radius 3 is 2.39 bits per heavy atom. The van der Waals surface area contributed by atoms with Crippen molar-refractivity contribution in [3.8, 4) is 0 Å². The molecule has 3 aromatic rings. The van der Waals surface area contributed by atoms with Crippen LogP contribution in [0.1, 0.15) is 52.0 Å². The highest BCUT2D eigenvalue weighted by molar-refractivity contribution is 7.89. The average molecular weight is 527 g/mol. The van der Waals surface area contributed by atoms with E-state index in [9.17, 15) is 18.0 Å². The van der Waals surface area contributed by atoms with Crippen molar-refractivity contribution in [3.63, 3.8) is 0 Å². The molecule has 0 radical (unpaired) electrons. The summed E-state index contributed by atoms with van der Waals surface area (Å²) in [6, 6.07) is 14.3. The van der Waals surface area contributed by atoms with E-state index in [1.807, 2.05) is 6.07 Å². The number of pyridine rings is 1. The lowest BCUT2D eigenvalue weighted by atomic mass is 10.1. The molecular weight excluding hydrogens is 500 g/mol. The fraction of sp³-hybridized carbons (Fsp3) is 0.269. The Hall–Kier alpha value is -3.27. The number of rotatable bonds is 7. The number of carbonyl (C=O) groups is 2. The Labute approximate surface area is 215 Å². The smallest absolute Gasteiger partial charge is 0.257 e. The van der Waals surface area contributed by atoms with Crippen molar-refractivity contribution in [2.24, 2.45) is 0 Å². The lowest BCUT2D eigenvalue weighted by Gasteiger charge is -2.20. The maximum atomic E-state index is 13.2. The molecule has 0 spiro atoms. The van der Waals surface area contributed by atoms with Gasteiger partial charge in [-0.05, 0) is 54.8 Å². The molecule has 1 aliphatic heterocycles. The largest absolute Gasteiger partial charge is 0.348 e. The second kappa shape index (κ2) is 11.6. The topological polar surface area (TPSA) is 108 Å². The van der Waals surface area contributed by atoms with Crippen LogP contribution < -0.4 is 10.6 Å². The molecule has 0 unspecified atom stereocenters. The zero-order chi connectivity index (χ0) is 25.5. The number of anilines is 1. The molecule has 0 aliphatic carbocycles. The van der Waals surface area contributed by atoms with Gasteiger partial charge in [-0.3, -0.25) is 14.6 Å². The number of hydrogen-bond donors (Lipinski definition) is 2. The third-order valence-electron chi connectivity index (χ3n) is 5.98. The lowest BCUT2D eigenvalue weighted by Crippen LogP contribution is -2.32. The molecule has 2 amide bonds. The molecule has 188 valence electrons. The van der Waals surface area contributed by atoms with Crippen molar-refractivity contribution in [2.45, 2.75) is 37.1 Å². The fourth-order valence-corrected chi connectivity index (χ4v) is 5.78. The van der Waals surface area contributed by atoms with E-state index in [2.05, 4.69) is 15.6 Å². The molecule has 0 atom stereocenters. The third kappa shape index (κ3) is 6.10. The Kier molecular flexibility index (Phi) is 8.35. The predicted molar refractivity (Wildman–Crippen MR) is 138 cm³/mol. The van der Waals surface area contributed by atoms with E-state index in [1.165, 1.54) is 22.5 Å². The molecule has 2 heterocycles. The van der Waals surface area contributed by atoms with Crippen LogP contribution in [-0.4, -0.2) is 42.6 Å². The van der Waals surface area contributed by atoms with Crippen molar-refractivity contribution in [1.29, 1.82) is 0 Å². The van der Waals surface area contributed by atoms with Crippen LogP contribution in [0.25, 0.3) is 0 Å². The van der Waals surface area contributed by atoms with Crippen molar-refractivity contribution in [3.05, 3.63) is 88.7 Å². The summed E-state index contributed by atoms with van der Waals surface area (Å²) in [7, 11) is -3.76. The molecule has 1 saturated heterocycles. The summed E-state index contributed by atoms with van der Waals surface area (Å²) in [6.45, 7) is 1.18. The van der Waals surface area contributed by atoms with Gasteiger partial charge in [-0.2, -0.15) is 4.31 Å². The summed E-state index contributed by atoms with van der Waals surface area (Å²) < 4.78 is 27.9. The first-order valence-corrected chi connectivity index (χ1v) is 13.6. The highest BCUT2D eigenvalue weighted by Gasteiger charge is 2.27. The van der Waals surface area contributed by atoms with E-state index in [0.717, 1.165) is 31.2 Å². The van der Waals surface area contributed by atoms with E-state index in [-0.39, 0.29) is 39.2 Å². The van der Waals surface area contributed by atoms with Gasteiger partial charge in [-0.1, -0.05) is 42.6 Å². The van der Waals surface area contributed by atoms with Gasteiger partial charge in [-0.25, -0.2) is 8.42 Å². The van der Waals surface area contributed by atoms with Crippen LogP contribution in [0.15, 0.2) is 71.9 Å². The second-order valence-corrected chi connectivity index (χ2v) is 10.8. The Morgan fingerprint density at radius 2 is 1.67 bits per heavy atom. The number of aromatic nitrogens is 1. The summed E-state index contributed by atoms with van der Waals surface area (Å²) in [6.07, 6.45) is 6.91. The van der Waals surface area contributed by atoms with Gasteiger partial charge in [0.25, 0.3) is 11.8 Å². The lowest BCUT2D eigenvalue weighted by molar-refractivity contribution is 0.0951. The molecule has 0 saturated carbocycles. The van der Waals surface area contributed by atoms with Gasteiger partial charge in [0.2, 0.25) is 10.0 Å². The molecule has 2 N–H and O–H groups in total. The number of para-hydroxylation sites is 1. The number of sulfonamides is 1. The first kappa shape index (κ1) is 25.8. The molecule has 10 heteroatoms. The van der Waals surface area contributed by atoms with Gasteiger partial charge in [0.1, 0.15) is 0 Å². The minimum atomic E-state index is -3.76. The monoisotopic (exact) mass is 526 g/mol. The zero-order valence-corrected chi connectivity index (χ0v) is 21.2. The van der Waals surface area contributed by atoms with E-state index < -0.39 is 15.9 Å². The summed E-state index contributed by atoms with van der Waals surface area (Å²) in [5, 5.41) is 5.63. The summed E-state index contributed by atoms with van der Waals surface area (Å²) in [4.78, 5) is 30.0. The van der Waals surface area contributed by atoms with Gasteiger partial charge >= 0.3 is 0 Å². The highest BCUT2D eigenvalue weighted by atomic mass is 35.5. The quantitative estimate of drug-likeness (QED) is 0.472. The molecule has 2 aromatic carbocycles. The SMILES string of the molecule is O=C(Nc1ccccc1C(=O)NCc1cccnc1)c1cc(S(=O)(=O)N2CCCCCC2)ccc1Cl. The van der Waals surface area contributed by atoms with Crippen LogP contribution in [0.4, 0.5) is 5.69 Å².